The molecule has 6 heteroatoms. The average Bonchev–Trinajstić information content (AvgIpc) is 3.13. The summed E-state index contributed by atoms with van der Waals surface area (Å²) in [4.78, 5) is 21.1. The molecule has 25 heavy (non-hydrogen) atoms. The lowest BCUT2D eigenvalue weighted by molar-refractivity contribution is 0.102. The van der Waals surface area contributed by atoms with E-state index in [0.29, 0.717) is 23.9 Å². The van der Waals surface area contributed by atoms with Crippen molar-refractivity contribution < 1.29 is 9.21 Å². The van der Waals surface area contributed by atoms with Crippen molar-refractivity contribution in [3.05, 3.63) is 71.6 Å². The molecule has 0 unspecified atom stereocenters. The molecule has 2 aromatic heterocycles. The molecule has 0 saturated carbocycles. The molecule has 0 aliphatic carbocycles. The van der Waals surface area contributed by atoms with Crippen LogP contribution in [0.4, 0.5) is 11.5 Å². The third kappa shape index (κ3) is 4.23. The van der Waals surface area contributed by atoms with Gasteiger partial charge in [-0.25, -0.2) is 9.97 Å². The highest BCUT2D eigenvalue weighted by atomic mass is 16.3. The number of carbonyl (C=O) groups is 1. The number of rotatable bonds is 6. The summed E-state index contributed by atoms with van der Waals surface area (Å²) in [5.41, 5.74) is 2.20. The third-order valence-electron chi connectivity index (χ3n) is 3.74. The maximum absolute atomic E-state index is 12.6. The number of amides is 1. The summed E-state index contributed by atoms with van der Waals surface area (Å²) >= 11 is 0. The number of carbonyl (C=O) groups excluding carboxylic acids is 1. The van der Waals surface area contributed by atoms with Crippen LogP contribution < -0.4 is 10.6 Å². The fraction of sp³-hybridized carbons (Fsp3) is 0.211. The van der Waals surface area contributed by atoms with Crippen molar-refractivity contribution in [2.45, 2.75) is 26.8 Å². The predicted molar refractivity (Wildman–Crippen MR) is 96.6 cm³/mol. The summed E-state index contributed by atoms with van der Waals surface area (Å²) in [7, 11) is 0. The van der Waals surface area contributed by atoms with Gasteiger partial charge in [-0.3, -0.25) is 4.79 Å². The molecule has 0 atom stereocenters. The zero-order valence-electron chi connectivity index (χ0n) is 14.2. The second-order valence-electron chi connectivity index (χ2n) is 5.58. The van der Waals surface area contributed by atoms with E-state index < -0.39 is 0 Å². The highest BCUT2D eigenvalue weighted by Gasteiger charge is 2.12. The van der Waals surface area contributed by atoms with E-state index in [-0.39, 0.29) is 5.91 Å². The van der Waals surface area contributed by atoms with Crippen molar-refractivity contribution in [2.24, 2.45) is 0 Å². The Balaban J connectivity index is 1.75. The standard InChI is InChI=1S/C19H20N4O2/c1-3-14-7-4-5-9-16(14)23-19(24)17-11-18(22-13(2)21-17)20-12-15-8-6-10-25-15/h4-11H,3,12H2,1-2H3,(H,23,24)(H,20,21,22). The molecule has 0 fully saturated rings. The van der Waals surface area contributed by atoms with E-state index in [2.05, 4.69) is 27.5 Å². The van der Waals surface area contributed by atoms with Crippen LogP contribution in [0.3, 0.4) is 0 Å². The second kappa shape index (κ2) is 7.61. The molecule has 2 N–H and O–H groups in total. The van der Waals surface area contributed by atoms with Crippen LogP contribution in [-0.2, 0) is 13.0 Å². The molecule has 0 saturated heterocycles. The molecule has 0 bridgehead atoms. The Bertz CT molecular complexity index is 860. The van der Waals surface area contributed by atoms with Gasteiger partial charge >= 0.3 is 0 Å². The SMILES string of the molecule is CCc1ccccc1NC(=O)c1cc(NCc2ccco2)nc(C)n1. The average molecular weight is 336 g/mol. The first kappa shape index (κ1) is 16.7. The molecule has 3 rings (SSSR count). The predicted octanol–water partition coefficient (Wildman–Crippen LogP) is 3.80. The Labute approximate surface area is 146 Å². The zero-order valence-corrected chi connectivity index (χ0v) is 14.2. The minimum absolute atomic E-state index is 0.257. The largest absolute Gasteiger partial charge is 0.467 e. The fourth-order valence-corrected chi connectivity index (χ4v) is 2.50. The quantitative estimate of drug-likeness (QED) is 0.715. The van der Waals surface area contributed by atoms with Crippen LogP contribution in [0.25, 0.3) is 0 Å². The molecule has 128 valence electrons. The van der Waals surface area contributed by atoms with Crippen LogP contribution in [0.15, 0.2) is 53.1 Å². The lowest BCUT2D eigenvalue weighted by Crippen LogP contribution is -2.16. The summed E-state index contributed by atoms with van der Waals surface area (Å²) < 4.78 is 5.28. The molecule has 1 aromatic carbocycles. The molecule has 1 amide bonds. The van der Waals surface area contributed by atoms with Crippen LogP contribution in [0.2, 0.25) is 0 Å². The molecule has 3 aromatic rings. The van der Waals surface area contributed by atoms with E-state index in [1.807, 2.05) is 36.4 Å². The van der Waals surface area contributed by atoms with Crippen LogP contribution in [0, 0.1) is 6.92 Å². The molecular weight excluding hydrogens is 316 g/mol. The van der Waals surface area contributed by atoms with E-state index in [0.717, 1.165) is 23.4 Å². The number of aromatic nitrogens is 2. The summed E-state index contributed by atoms with van der Waals surface area (Å²) in [6, 6.07) is 13.1. The first-order valence-corrected chi connectivity index (χ1v) is 8.17. The highest BCUT2D eigenvalue weighted by Crippen LogP contribution is 2.17. The minimum atomic E-state index is -0.257. The number of nitrogens with zero attached hydrogens (tertiary/aromatic N) is 2. The second-order valence-corrected chi connectivity index (χ2v) is 5.58. The van der Waals surface area contributed by atoms with Gasteiger partial charge in [-0.05, 0) is 37.1 Å². The Morgan fingerprint density at radius 3 is 2.76 bits per heavy atom. The summed E-state index contributed by atoms with van der Waals surface area (Å²) in [6.45, 7) is 4.30. The number of nitrogens with one attached hydrogen (secondary N) is 2. The summed E-state index contributed by atoms with van der Waals surface area (Å²) in [5.74, 6) is 1.64. The number of aryl methyl sites for hydroxylation is 2. The Morgan fingerprint density at radius 1 is 1.16 bits per heavy atom. The van der Waals surface area contributed by atoms with E-state index >= 15 is 0 Å². The highest BCUT2D eigenvalue weighted by molar-refractivity contribution is 6.03. The van der Waals surface area contributed by atoms with E-state index in [1.165, 1.54) is 0 Å². The van der Waals surface area contributed by atoms with Crippen molar-refractivity contribution in [1.29, 1.82) is 0 Å². The number of hydrogen-bond acceptors (Lipinski definition) is 5. The summed E-state index contributed by atoms with van der Waals surface area (Å²) in [6.07, 6.45) is 2.46. The first-order valence-electron chi connectivity index (χ1n) is 8.17. The van der Waals surface area contributed by atoms with Gasteiger partial charge in [-0.1, -0.05) is 25.1 Å². The van der Waals surface area contributed by atoms with Crippen molar-refractivity contribution in [3.63, 3.8) is 0 Å². The lowest BCUT2D eigenvalue weighted by atomic mass is 10.1. The van der Waals surface area contributed by atoms with Crippen molar-refractivity contribution >= 4 is 17.4 Å². The monoisotopic (exact) mass is 336 g/mol. The normalized spacial score (nSPS) is 10.5. The Morgan fingerprint density at radius 2 is 2.00 bits per heavy atom. The number of hydrogen-bond donors (Lipinski definition) is 2. The number of furan rings is 1. The van der Waals surface area contributed by atoms with Crippen molar-refractivity contribution in [1.82, 2.24) is 9.97 Å². The smallest absolute Gasteiger partial charge is 0.274 e. The third-order valence-corrected chi connectivity index (χ3v) is 3.74. The number of benzene rings is 1. The van der Waals surface area contributed by atoms with E-state index in [9.17, 15) is 4.79 Å². The van der Waals surface area contributed by atoms with Gasteiger partial charge in [0, 0.05) is 11.8 Å². The lowest BCUT2D eigenvalue weighted by Gasteiger charge is -2.11. The summed E-state index contributed by atoms with van der Waals surface area (Å²) in [5, 5.41) is 6.07. The van der Waals surface area contributed by atoms with Gasteiger partial charge < -0.3 is 15.1 Å². The van der Waals surface area contributed by atoms with Gasteiger partial charge in [0.2, 0.25) is 0 Å². The Kier molecular flexibility index (Phi) is 5.09. The molecule has 0 aliphatic rings. The zero-order chi connectivity index (χ0) is 17.6. The van der Waals surface area contributed by atoms with Crippen LogP contribution in [0.1, 0.15) is 34.6 Å². The van der Waals surface area contributed by atoms with Crippen LogP contribution in [0.5, 0.6) is 0 Å². The number of anilines is 2. The molecule has 2 heterocycles. The molecule has 0 aliphatic heterocycles. The van der Waals surface area contributed by atoms with Gasteiger partial charge in [0.1, 0.15) is 23.1 Å². The van der Waals surface area contributed by atoms with Gasteiger partial charge in [0.15, 0.2) is 0 Å². The van der Waals surface area contributed by atoms with Gasteiger partial charge in [0.05, 0.1) is 12.8 Å². The topological polar surface area (TPSA) is 80.0 Å². The molecular formula is C19H20N4O2. The van der Waals surface area contributed by atoms with Crippen molar-refractivity contribution in [2.75, 3.05) is 10.6 Å². The van der Waals surface area contributed by atoms with Gasteiger partial charge in [-0.15, -0.1) is 0 Å². The van der Waals surface area contributed by atoms with E-state index in [4.69, 9.17) is 4.42 Å². The minimum Gasteiger partial charge on any atom is -0.467 e. The molecule has 0 radical (unpaired) electrons. The van der Waals surface area contributed by atoms with Crippen LogP contribution >= 0.6 is 0 Å². The van der Waals surface area contributed by atoms with Crippen molar-refractivity contribution in [3.8, 4) is 0 Å². The first-order chi connectivity index (χ1) is 12.2. The molecule has 6 nitrogen and oxygen atoms in total. The fourth-order valence-electron chi connectivity index (χ4n) is 2.50. The van der Waals surface area contributed by atoms with E-state index in [1.54, 1.807) is 19.3 Å². The Hall–Kier alpha value is -3.15. The van der Waals surface area contributed by atoms with Crippen LogP contribution in [-0.4, -0.2) is 15.9 Å². The van der Waals surface area contributed by atoms with Gasteiger partial charge in [-0.2, -0.15) is 0 Å². The maximum Gasteiger partial charge on any atom is 0.274 e. The molecule has 0 spiro atoms. The maximum atomic E-state index is 12.6. The van der Waals surface area contributed by atoms with Gasteiger partial charge in [0.25, 0.3) is 5.91 Å². The number of para-hydroxylation sites is 1.